The van der Waals surface area contributed by atoms with Gasteiger partial charge in [0.05, 0.1) is 18.2 Å². The minimum Gasteiger partial charge on any atom is -0.507 e. The van der Waals surface area contributed by atoms with Crippen LogP contribution in [0.3, 0.4) is 0 Å². The molecule has 0 bridgehead atoms. The second-order valence-corrected chi connectivity index (χ2v) is 7.26. The highest BCUT2D eigenvalue weighted by Crippen LogP contribution is 2.30. The fourth-order valence-corrected chi connectivity index (χ4v) is 3.16. The third kappa shape index (κ3) is 4.28. The largest absolute Gasteiger partial charge is 0.507 e. The molecule has 4 aromatic rings. The number of ether oxygens (including phenoxy) is 1. The van der Waals surface area contributed by atoms with Gasteiger partial charge in [0.15, 0.2) is 17.5 Å². The van der Waals surface area contributed by atoms with Crippen LogP contribution in [0.4, 0.5) is 0 Å². The van der Waals surface area contributed by atoms with Gasteiger partial charge >= 0.3 is 5.97 Å². The summed E-state index contributed by atoms with van der Waals surface area (Å²) < 4.78 is 4.76. The molecule has 0 fully saturated rings. The van der Waals surface area contributed by atoms with Gasteiger partial charge in [0.1, 0.15) is 5.75 Å². The molecular formula is C25H21N3O3. The first kappa shape index (κ1) is 20.2. The van der Waals surface area contributed by atoms with Crippen molar-refractivity contribution in [3.8, 4) is 39.9 Å². The fourth-order valence-electron chi connectivity index (χ4n) is 3.16. The Hall–Kier alpha value is -4.06. The van der Waals surface area contributed by atoms with Gasteiger partial charge in [0.2, 0.25) is 0 Å². The molecule has 6 heteroatoms. The third-order valence-corrected chi connectivity index (χ3v) is 4.90. The molecule has 1 heterocycles. The average Bonchev–Trinajstić information content (AvgIpc) is 2.79. The Bertz CT molecular complexity index is 1250. The number of carbonyl (C=O) groups is 1. The van der Waals surface area contributed by atoms with E-state index in [2.05, 4.69) is 15.0 Å². The van der Waals surface area contributed by atoms with Crippen LogP contribution in [0.2, 0.25) is 0 Å². The molecule has 31 heavy (non-hydrogen) atoms. The van der Waals surface area contributed by atoms with Crippen LogP contribution < -0.4 is 0 Å². The van der Waals surface area contributed by atoms with Gasteiger partial charge in [-0.15, -0.1) is 0 Å². The van der Waals surface area contributed by atoms with Gasteiger partial charge in [-0.05, 0) is 43.7 Å². The first-order valence-corrected chi connectivity index (χ1v) is 9.76. The molecule has 1 N–H and O–H groups in total. The number of esters is 1. The second kappa shape index (κ2) is 8.36. The van der Waals surface area contributed by atoms with Gasteiger partial charge in [0, 0.05) is 11.1 Å². The van der Waals surface area contributed by atoms with Crippen LogP contribution in [0.5, 0.6) is 5.75 Å². The predicted octanol–water partition coefficient (Wildman–Crippen LogP) is 4.98. The number of rotatable bonds is 4. The van der Waals surface area contributed by atoms with E-state index in [9.17, 15) is 9.90 Å². The van der Waals surface area contributed by atoms with E-state index in [-0.39, 0.29) is 5.75 Å². The van der Waals surface area contributed by atoms with Crippen molar-refractivity contribution in [3.63, 3.8) is 0 Å². The van der Waals surface area contributed by atoms with Gasteiger partial charge in [-0.3, -0.25) is 0 Å². The Morgan fingerprint density at radius 2 is 1.26 bits per heavy atom. The zero-order chi connectivity index (χ0) is 22.0. The summed E-state index contributed by atoms with van der Waals surface area (Å²) in [6.45, 7) is 3.92. The van der Waals surface area contributed by atoms with E-state index in [1.54, 1.807) is 36.4 Å². The smallest absolute Gasteiger partial charge is 0.337 e. The lowest BCUT2D eigenvalue weighted by Crippen LogP contribution is -2.02. The van der Waals surface area contributed by atoms with Gasteiger partial charge in [-0.2, -0.15) is 0 Å². The van der Waals surface area contributed by atoms with Gasteiger partial charge in [-0.1, -0.05) is 48.0 Å². The van der Waals surface area contributed by atoms with Gasteiger partial charge in [-0.25, -0.2) is 19.7 Å². The SMILES string of the molecule is COC(=O)c1ccc(-c2nc(-c3ccc(C)cc3)nc(-c3ccc(C)cc3O)n2)cc1. The highest BCUT2D eigenvalue weighted by molar-refractivity contribution is 5.89. The van der Waals surface area contributed by atoms with E-state index in [0.717, 1.165) is 22.3 Å². The van der Waals surface area contributed by atoms with Crippen molar-refractivity contribution in [3.05, 3.63) is 83.4 Å². The van der Waals surface area contributed by atoms with Crippen LogP contribution in [0.1, 0.15) is 21.5 Å². The highest BCUT2D eigenvalue weighted by atomic mass is 16.5. The van der Waals surface area contributed by atoms with E-state index in [1.807, 2.05) is 44.2 Å². The van der Waals surface area contributed by atoms with Crippen molar-refractivity contribution in [2.24, 2.45) is 0 Å². The number of methoxy groups -OCH3 is 1. The molecule has 3 aromatic carbocycles. The van der Waals surface area contributed by atoms with Crippen LogP contribution >= 0.6 is 0 Å². The number of phenolic OH excluding ortho intramolecular Hbond substituents is 1. The molecule has 0 unspecified atom stereocenters. The summed E-state index contributed by atoms with van der Waals surface area (Å²) in [7, 11) is 1.34. The molecule has 1 aromatic heterocycles. The number of nitrogens with zero attached hydrogens (tertiary/aromatic N) is 3. The molecule has 0 atom stereocenters. The summed E-state index contributed by atoms with van der Waals surface area (Å²) in [5.74, 6) is 1.00. The van der Waals surface area contributed by atoms with Crippen LogP contribution in [0.25, 0.3) is 34.2 Å². The van der Waals surface area contributed by atoms with Crippen molar-refractivity contribution in [2.75, 3.05) is 7.11 Å². The molecule has 0 saturated heterocycles. The van der Waals surface area contributed by atoms with E-state index in [0.29, 0.717) is 28.6 Å². The molecule has 0 aliphatic carbocycles. The van der Waals surface area contributed by atoms with E-state index < -0.39 is 5.97 Å². The molecule has 4 rings (SSSR count). The predicted molar refractivity (Wildman–Crippen MR) is 119 cm³/mol. The maximum Gasteiger partial charge on any atom is 0.337 e. The lowest BCUT2D eigenvalue weighted by Gasteiger charge is -2.10. The lowest BCUT2D eigenvalue weighted by atomic mass is 10.1. The number of phenols is 1. The summed E-state index contributed by atoms with van der Waals surface area (Å²) in [5, 5.41) is 10.5. The lowest BCUT2D eigenvalue weighted by molar-refractivity contribution is 0.0600. The van der Waals surface area contributed by atoms with Crippen LogP contribution in [0.15, 0.2) is 66.7 Å². The summed E-state index contributed by atoms with van der Waals surface area (Å²) in [6.07, 6.45) is 0. The second-order valence-electron chi connectivity index (χ2n) is 7.26. The highest BCUT2D eigenvalue weighted by Gasteiger charge is 2.15. The molecule has 0 spiro atoms. The first-order valence-electron chi connectivity index (χ1n) is 9.76. The number of hydrogen-bond acceptors (Lipinski definition) is 6. The van der Waals surface area contributed by atoms with E-state index >= 15 is 0 Å². The van der Waals surface area contributed by atoms with Crippen LogP contribution in [0, 0.1) is 13.8 Å². The maximum absolute atomic E-state index is 11.7. The van der Waals surface area contributed by atoms with Gasteiger partial charge < -0.3 is 9.84 Å². The number of aryl methyl sites for hydroxylation is 2. The van der Waals surface area contributed by atoms with Crippen molar-refractivity contribution in [1.82, 2.24) is 15.0 Å². The van der Waals surface area contributed by atoms with E-state index in [1.165, 1.54) is 7.11 Å². The van der Waals surface area contributed by atoms with Crippen molar-refractivity contribution < 1.29 is 14.6 Å². The Labute approximate surface area is 180 Å². The topological polar surface area (TPSA) is 85.2 Å². The minimum absolute atomic E-state index is 0.105. The van der Waals surface area contributed by atoms with Crippen molar-refractivity contribution >= 4 is 5.97 Å². The van der Waals surface area contributed by atoms with Gasteiger partial charge in [0.25, 0.3) is 0 Å². The summed E-state index contributed by atoms with van der Waals surface area (Å²) in [4.78, 5) is 25.6. The molecule has 0 aliphatic rings. The normalized spacial score (nSPS) is 10.7. The number of hydrogen-bond donors (Lipinski definition) is 1. The maximum atomic E-state index is 11.7. The van der Waals surface area contributed by atoms with Crippen molar-refractivity contribution in [1.29, 1.82) is 0 Å². The van der Waals surface area contributed by atoms with Crippen molar-refractivity contribution in [2.45, 2.75) is 13.8 Å². The molecular weight excluding hydrogens is 390 g/mol. The fraction of sp³-hybridized carbons (Fsp3) is 0.120. The standard InChI is InChI=1S/C25H21N3O3/c1-15-4-7-17(8-5-15)22-26-23(18-9-11-19(12-10-18)25(30)31-3)28-24(27-22)20-13-6-16(2)14-21(20)29/h4-14,29H,1-3H3. The zero-order valence-electron chi connectivity index (χ0n) is 17.5. The molecule has 0 saturated carbocycles. The molecule has 0 amide bonds. The summed E-state index contributed by atoms with van der Waals surface area (Å²) in [6, 6.07) is 20.1. The Morgan fingerprint density at radius 1 is 0.742 bits per heavy atom. The summed E-state index contributed by atoms with van der Waals surface area (Å²) in [5.41, 5.74) is 4.59. The molecule has 6 nitrogen and oxygen atoms in total. The van der Waals surface area contributed by atoms with E-state index in [4.69, 9.17) is 4.74 Å². The Kier molecular flexibility index (Phi) is 5.45. The zero-order valence-corrected chi connectivity index (χ0v) is 17.5. The molecule has 0 aliphatic heterocycles. The first-order chi connectivity index (χ1) is 14.9. The number of carbonyl (C=O) groups excluding carboxylic acids is 1. The van der Waals surface area contributed by atoms with Crippen LogP contribution in [-0.4, -0.2) is 33.1 Å². The minimum atomic E-state index is -0.409. The third-order valence-electron chi connectivity index (χ3n) is 4.90. The number of aromatic nitrogens is 3. The Balaban J connectivity index is 1.87. The number of benzene rings is 3. The summed E-state index contributed by atoms with van der Waals surface area (Å²) >= 11 is 0. The van der Waals surface area contributed by atoms with Crippen LogP contribution in [-0.2, 0) is 4.74 Å². The monoisotopic (exact) mass is 411 g/mol. The quantitative estimate of drug-likeness (QED) is 0.477. The molecule has 0 radical (unpaired) electrons. The average molecular weight is 411 g/mol. The molecule has 154 valence electrons. The number of aromatic hydroxyl groups is 1. The Morgan fingerprint density at radius 3 is 1.81 bits per heavy atom.